The summed E-state index contributed by atoms with van der Waals surface area (Å²) in [4.78, 5) is 11.5. The Balaban J connectivity index is 2.73. The van der Waals surface area contributed by atoms with Crippen molar-refractivity contribution < 1.29 is 4.79 Å². The summed E-state index contributed by atoms with van der Waals surface area (Å²) in [5.41, 5.74) is 0. The van der Waals surface area contributed by atoms with Crippen LogP contribution in [0.1, 0.15) is 0 Å². The van der Waals surface area contributed by atoms with Gasteiger partial charge in [0.15, 0.2) is 0 Å². The average Bonchev–Trinajstić information content (AvgIpc) is 2.14. The van der Waals surface area contributed by atoms with Gasteiger partial charge in [-0.3, -0.25) is 4.79 Å². The fraction of sp³-hybridized carbons (Fsp3) is 0. The SMILES string of the molecule is O=C1C=C/C(=C/I)S1. The number of hydrogen-bond donors (Lipinski definition) is 0. The zero-order chi connectivity index (χ0) is 5.98. The van der Waals surface area contributed by atoms with Gasteiger partial charge in [0.25, 0.3) is 0 Å². The lowest BCUT2D eigenvalue weighted by Crippen LogP contribution is -1.72. The van der Waals surface area contributed by atoms with Crippen molar-refractivity contribution in [3.8, 4) is 0 Å². The molecule has 0 atom stereocenters. The van der Waals surface area contributed by atoms with E-state index in [2.05, 4.69) is 22.6 Å². The fourth-order valence-electron chi connectivity index (χ4n) is 0.393. The van der Waals surface area contributed by atoms with Crippen LogP contribution in [0.25, 0.3) is 0 Å². The fourth-order valence-corrected chi connectivity index (χ4v) is 1.53. The molecule has 0 fully saturated rings. The summed E-state index contributed by atoms with van der Waals surface area (Å²) in [7, 11) is 0. The molecule has 3 heteroatoms. The third kappa shape index (κ3) is 1.35. The van der Waals surface area contributed by atoms with Crippen molar-refractivity contribution in [3.05, 3.63) is 21.1 Å². The number of carbonyl (C=O) groups is 1. The summed E-state index contributed by atoms with van der Waals surface area (Å²) in [5, 5.41) is 0.132. The van der Waals surface area contributed by atoms with E-state index >= 15 is 0 Å². The molecule has 8 heavy (non-hydrogen) atoms. The molecule has 0 unspecified atom stereocenters. The largest absolute Gasteiger partial charge is 0.282 e. The molecule has 0 radical (unpaired) electrons. The van der Waals surface area contributed by atoms with Gasteiger partial charge in [-0.2, -0.15) is 0 Å². The van der Waals surface area contributed by atoms with E-state index in [1.54, 1.807) is 6.08 Å². The van der Waals surface area contributed by atoms with Gasteiger partial charge in [-0.15, -0.1) is 0 Å². The minimum absolute atomic E-state index is 0.132. The molecule has 0 amide bonds. The van der Waals surface area contributed by atoms with Crippen LogP contribution in [-0.4, -0.2) is 5.12 Å². The van der Waals surface area contributed by atoms with Gasteiger partial charge in [-0.25, -0.2) is 0 Å². The topological polar surface area (TPSA) is 17.1 Å². The van der Waals surface area contributed by atoms with E-state index in [0.717, 1.165) is 4.91 Å². The second-order valence-corrected chi connectivity index (χ2v) is 2.97. The molecule has 1 heterocycles. The summed E-state index contributed by atoms with van der Waals surface area (Å²) in [6, 6.07) is 0. The molecule has 0 spiro atoms. The first-order valence-corrected chi connectivity index (χ1v) is 4.09. The lowest BCUT2D eigenvalue weighted by Gasteiger charge is -1.81. The summed E-state index contributed by atoms with van der Waals surface area (Å²) in [6.45, 7) is 0. The summed E-state index contributed by atoms with van der Waals surface area (Å²) >= 11 is 3.38. The van der Waals surface area contributed by atoms with Crippen LogP contribution in [0.5, 0.6) is 0 Å². The van der Waals surface area contributed by atoms with Gasteiger partial charge < -0.3 is 0 Å². The van der Waals surface area contributed by atoms with E-state index in [-0.39, 0.29) is 5.12 Å². The van der Waals surface area contributed by atoms with E-state index < -0.39 is 0 Å². The van der Waals surface area contributed by atoms with Crippen LogP contribution in [-0.2, 0) is 4.79 Å². The van der Waals surface area contributed by atoms with Gasteiger partial charge in [0.1, 0.15) is 0 Å². The Hall–Kier alpha value is 0.230. The van der Waals surface area contributed by atoms with Crippen molar-refractivity contribution in [3.63, 3.8) is 0 Å². The van der Waals surface area contributed by atoms with E-state index in [1.807, 2.05) is 10.2 Å². The van der Waals surface area contributed by atoms with Crippen molar-refractivity contribution in [2.45, 2.75) is 0 Å². The van der Waals surface area contributed by atoms with Gasteiger partial charge in [-0.1, -0.05) is 22.6 Å². The highest BCUT2D eigenvalue weighted by Gasteiger charge is 2.06. The maximum atomic E-state index is 10.4. The molecule has 0 bridgehead atoms. The Labute approximate surface area is 65.4 Å². The second-order valence-electron chi connectivity index (χ2n) is 1.27. The van der Waals surface area contributed by atoms with Crippen LogP contribution in [0.15, 0.2) is 21.1 Å². The van der Waals surface area contributed by atoms with Crippen molar-refractivity contribution >= 4 is 39.5 Å². The number of carbonyl (C=O) groups excluding carboxylic acids is 1. The average molecular weight is 238 g/mol. The smallest absolute Gasteiger partial charge is 0.216 e. The first-order valence-electron chi connectivity index (χ1n) is 2.03. The number of hydrogen-bond acceptors (Lipinski definition) is 2. The maximum Gasteiger partial charge on any atom is 0.216 e. The van der Waals surface area contributed by atoms with E-state index in [4.69, 9.17) is 0 Å². The normalized spacial score (nSPS) is 23.1. The predicted octanol–water partition coefficient (Wildman–Crippen LogP) is 2.09. The lowest BCUT2D eigenvalue weighted by atomic mass is 10.5. The quantitative estimate of drug-likeness (QED) is 0.601. The van der Waals surface area contributed by atoms with Crippen LogP contribution in [0.4, 0.5) is 0 Å². The standard InChI is InChI=1S/C5H3IOS/c6-3-4-1-2-5(7)8-4/h1-3H/b4-3-. The highest BCUT2D eigenvalue weighted by Crippen LogP contribution is 2.25. The van der Waals surface area contributed by atoms with Gasteiger partial charge in [0.2, 0.25) is 5.12 Å². The highest BCUT2D eigenvalue weighted by atomic mass is 127. The van der Waals surface area contributed by atoms with Crippen molar-refractivity contribution in [1.82, 2.24) is 0 Å². The van der Waals surface area contributed by atoms with Gasteiger partial charge in [0, 0.05) is 4.91 Å². The predicted molar refractivity (Wildman–Crippen MR) is 43.8 cm³/mol. The zero-order valence-electron chi connectivity index (χ0n) is 3.93. The zero-order valence-corrected chi connectivity index (χ0v) is 6.90. The molecule has 0 saturated heterocycles. The van der Waals surface area contributed by atoms with E-state index in [1.165, 1.54) is 11.8 Å². The second kappa shape index (κ2) is 2.68. The summed E-state index contributed by atoms with van der Waals surface area (Å²) in [6.07, 6.45) is 3.40. The molecule has 0 N–H and O–H groups in total. The Morgan fingerprint density at radius 1 is 1.62 bits per heavy atom. The third-order valence-corrected chi connectivity index (χ3v) is 2.63. The molecule has 0 aliphatic carbocycles. The minimum atomic E-state index is 0.132. The number of allylic oxidation sites excluding steroid dienone is 1. The van der Waals surface area contributed by atoms with Crippen LogP contribution in [0, 0.1) is 0 Å². The van der Waals surface area contributed by atoms with Gasteiger partial charge >= 0.3 is 0 Å². The third-order valence-electron chi connectivity index (χ3n) is 0.710. The molecule has 42 valence electrons. The molecule has 0 aromatic carbocycles. The number of thioether (sulfide) groups is 1. The minimum Gasteiger partial charge on any atom is -0.282 e. The summed E-state index contributed by atoms with van der Waals surface area (Å²) in [5.74, 6) is 0. The summed E-state index contributed by atoms with van der Waals surface area (Å²) < 4.78 is 1.89. The first kappa shape index (κ1) is 6.35. The van der Waals surface area contributed by atoms with E-state index in [9.17, 15) is 4.79 Å². The van der Waals surface area contributed by atoms with Crippen LogP contribution >= 0.6 is 34.4 Å². The lowest BCUT2D eigenvalue weighted by molar-refractivity contribution is -0.106. The van der Waals surface area contributed by atoms with Crippen molar-refractivity contribution in [2.24, 2.45) is 0 Å². The Bertz CT molecular complexity index is 171. The molecule has 1 rings (SSSR count). The monoisotopic (exact) mass is 238 g/mol. The Morgan fingerprint density at radius 3 is 2.62 bits per heavy atom. The van der Waals surface area contributed by atoms with Crippen LogP contribution < -0.4 is 0 Å². The molecule has 0 saturated carbocycles. The van der Waals surface area contributed by atoms with Crippen molar-refractivity contribution in [1.29, 1.82) is 0 Å². The highest BCUT2D eigenvalue weighted by molar-refractivity contribution is 14.1. The van der Waals surface area contributed by atoms with Crippen molar-refractivity contribution in [2.75, 3.05) is 0 Å². The molecule has 1 aliphatic rings. The molecule has 0 aromatic rings. The molecule has 1 aliphatic heterocycles. The molecular weight excluding hydrogens is 235 g/mol. The van der Waals surface area contributed by atoms with Gasteiger partial charge in [-0.05, 0) is 28.0 Å². The maximum absolute atomic E-state index is 10.4. The first-order chi connectivity index (χ1) is 3.83. The van der Waals surface area contributed by atoms with E-state index in [0.29, 0.717) is 0 Å². The van der Waals surface area contributed by atoms with Crippen LogP contribution in [0.3, 0.4) is 0 Å². The Kier molecular flexibility index (Phi) is 2.13. The molecule has 0 aromatic heterocycles. The number of halogens is 1. The van der Waals surface area contributed by atoms with Crippen LogP contribution in [0.2, 0.25) is 0 Å². The van der Waals surface area contributed by atoms with Gasteiger partial charge in [0.05, 0.1) is 0 Å². The molecule has 1 nitrogen and oxygen atoms in total. The number of rotatable bonds is 0. The Morgan fingerprint density at radius 2 is 2.38 bits per heavy atom. The molecular formula is C5H3IOS.